The largest absolute Gasteiger partial charge is 0.319 e. The van der Waals surface area contributed by atoms with Crippen LogP contribution in [0.15, 0.2) is 42.7 Å². The molecule has 0 saturated heterocycles. The van der Waals surface area contributed by atoms with Crippen LogP contribution < -0.4 is 5.32 Å². The van der Waals surface area contributed by atoms with Gasteiger partial charge in [0.25, 0.3) is 11.9 Å². The summed E-state index contributed by atoms with van der Waals surface area (Å²) in [5.74, 6) is 0.292. The van der Waals surface area contributed by atoms with Crippen molar-refractivity contribution in [2.75, 3.05) is 5.32 Å². The van der Waals surface area contributed by atoms with Crippen molar-refractivity contribution in [1.82, 2.24) is 19.7 Å². The third kappa shape index (κ3) is 2.96. The van der Waals surface area contributed by atoms with Crippen molar-refractivity contribution in [2.24, 2.45) is 0 Å². The summed E-state index contributed by atoms with van der Waals surface area (Å²) in [7, 11) is 0. The number of rotatable bonds is 3. The van der Waals surface area contributed by atoms with Gasteiger partial charge in [0.1, 0.15) is 0 Å². The summed E-state index contributed by atoms with van der Waals surface area (Å²) >= 11 is 0. The van der Waals surface area contributed by atoms with Crippen LogP contribution in [0, 0.1) is 20.8 Å². The topological polar surface area (TPSA) is 72.7 Å². The normalized spacial score (nSPS) is 10.6. The highest BCUT2D eigenvalue weighted by Gasteiger charge is 2.11. The number of hydrogen-bond donors (Lipinski definition) is 1. The second-order valence-electron chi connectivity index (χ2n) is 5.30. The Morgan fingerprint density at radius 2 is 1.70 bits per heavy atom. The lowest BCUT2D eigenvalue weighted by atomic mass is 10.2. The molecule has 1 amide bonds. The molecule has 23 heavy (non-hydrogen) atoms. The van der Waals surface area contributed by atoms with Gasteiger partial charge in [-0.1, -0.05) is 18.2 Å². The second-order valence-corrected chi connectivity index (χ2v) is 5.30. The molecule has 1 N–H and O–H groups in total. The molecular weight excluding hydrogens is 290 g/mol. The fourth-order valence-electron chi connectivity index (χ4n) is 2.20. The molecule has 0 atom stereocenters. The van der Waals surface area contributed by atoms with Crippen LogP contribution in [0.25, 0.3) is 5.95 Å². The summed E-state index contributed by atoms with van der Waals surface area (Å²) in [6, 6.07) is 9.01. The first-order valence-corrected chi connectivity index (χ1v) is 7.28. The number of carbonyl (C=O) groups is 1. The number of carbonyl (C=O) groups excluding carboxylic acids is 1. The third-order valence-corrected chi connectivity index (χ3v) is 3.77. The van der Waals surface area contributed by atoms with Gasteiger partial charge in [0.2, 0.25) is 0 Å². The summed E-state index contributed by atoms with van der Waals surface area (Å²) in [5, 5.41) is 7.20. The van der Waals surface area contributed by atoms with Crippen LogP contribution in [0.3, 0.4) is 0 Å². The molecule has 3 aromatic rings. The standard InChI is InChI=1S/C17H17N5O/c1-11-12(2)21-22(13(11)3)17-18-9-15(10-19-17)20-16(23)14-7-5-4-6-8-14/h4-10H,1-3H3,(H,20,23). The fourth-order valence-corrected chi connectivity index (χ4v) is 2.20. The number of aromatic nitrogens is 4. The summed E-state index contributed by atoms with van der Waals surface area (Å²) < 4.78 is 1.70. The van der Waals surface area contributed by atoms with Crippen molar-refractivity contribution in [1.29, 1.82) is 0 Å². The van der Waals surface area contributed by atoms with Gasteiger partial charge in [-0.3, -0.25) is 4.79 Å². The van der Waals surface area contributed by atoms with Crippen molar-refractivity contribution in [3.8, 4) is 5.95 Å². The van der Waals surface area contributed by atoms with Crippen LogP contribution >= 0.6 is 0 Å². The number of anilines is 1. The van der Waals surface area contributed by atoms with E-state index in [9.17, 15) is 4.79 Å². The lowest BCUT2D eigenvalue weighted by molar-refractivity contribution is 0.102. The van der Waals surface area contributed by atoms with Crippen LogP contribution in [-0.4, -0.2) is 25.7 Å². The quantitative estimate of drug-likeness (QED) is 0.807. The Hall–Kier alpha value is -3.02. The summed E-state index contributed by atoms with van der Waals surface area (Å²) in [4.78, 5) is 20.7. The van der Waals surface area contributed by atoms with Crippen molar-refractivity contribution >= 4 is 11.6 Å². The fraction of sp³-hybridized carbons (Fsp3) is 0.176. The van der Waals surface area contributed by atoms with E-state index in [2.05, 4.69) is 20.4 Å². The van der Waals surface area contributed by atoms with Gasteiger partial charge in [0, 0.05) is 11.3 Å². The smallest absolute Gasteiger partial charge is 0.255 e. The number of aryl methyl sites for hydroxylation is 1. The molecular formula is C17H17N5O. The molecule has 0 aliphatic rings. The van der Waals surface area contributed by atoms with E-state index in [-0.39, 0.29) is 5.91 Å². The maximum absolute atomic E-state index is 12.1. The Morgan fingerprint density at radius 1 is 1.04 bits per heavy atom. The molecule has 0 aliphatic heterocycles. The van der Waals surface area contributed by atoms with E-state index in [4.69, 9.17) is 0 Å². The van der Waals surface area contributed by atoms with Gasteiger partial charge in [-0.15, -0.1) is 0 Å². The third-order valence-electron chi connectivity index (χ3n) is 3.77. The monoisotopic (exact) mass is 307 g/mol. The van der Waals surface area contributed by atoms with E-state index in [1.54, 1.807) is 29.2 Å². The highest BCUT2D eigenvalue weighted by molar-refractivity contribution is 6.04. The first kappa shape index (κ1) is 14.9. The van der Waals surface area contributed by atoms with Crippen LogP contribution in [0.4, 0.5) is 5.69 Å². The Kier molecular flexibility index (Phi) is 3.89. The summed E-state index contributed by atoms with van der Waals surface area (Å²) in [5.41, 5.74) is 4.21. The molecule has 0 bridgehead atoms. The van der Waals surface area contributed by atoms with Gasteiger partial charge in [-0.2, -0.15) is 5.10 Å². The van der Waals surface area contributed by atoms with Crippen molar-refractivity contribution in [3.63, 3.8) is 0 Å². The number of hydrogen-bond acceptors (Lipinski definition) is 4. The second kappa shape index (κ2) is 6.00. The van der Waals surface area contributed by atoms with E-state index < -0.39 is 0 Å². The van der Waals surface area contributed by atoms with Crippen LogP contribution in [0.5, 0.6) is 0 Å². The summed E-state index contributed by atoms with van der Waals surface area (Å²) in [6.07, 6.45) is 3.16. The van der Waals surface area contributed by atoms with Gasteiger partial charge in [0.15, 0.2) is 0 Å². The predicted octanol–water partition coefficient (Wildman–Crippen LogP) is 2.84. The van der Waals surface area contributed by atoms with E-state index >= 15 is 0 Å². The van der Waals surface area contributed by atoms with Crippen LogP contribution in [-0.2, 0) is 0 Å². The number of amides is 1. The molecule has 3 rings (SSSR count). The maximum Gasteiger partial charge on any atom is 0.255 e. The number of nitrogens with one attached hydrogen (secondary N) is 1. The molecule has 0 fully saturated rings. The summed E-state index contributed by atoms with van der Waals surface area (Å²) in [6.45, 7) is 5.94. The van der Waals surface area contributed by atoms with Gasteiger partial charge >= 0.3 is 0 Å². The van der Waals surface area contributed by atoms with Crippen molar-refractivity contribution < 1.29 is 4.79 Å². The molecule has 6 nitrogen and oxygen atoms in total. The number of nitrogens with zero attached hydrogens (tertiary/aromatic N) is 4. The molecule has 2 aromatic heterocycles. The average Bonchev–Trinajstić information content (AvgIpc) is 2.84. The van der Waals surface area contributed by atoms with Gasteiger partial charge in [0.05, 0.1) is 23.8 Å². The molecule has 0 saturated carbocycles. The zero-order valence-corrected chi connectivity index (χ0v) is 13.2. The van der Waals surface area contributed by atoms with Gasteiger partial charge in [-0.25, -0.2) is 14.6 Å². The molecule has 0 unspecified atom stereocenters. The minimum atomic E-state index is -0.191. The van der Waals surface area contributed by atoms with E-state index in [0.29, 0.717) is 17.2 Å². The molecule has 116 valence electrons. The van der Waals surface area contributed by atoms with E-state index in [0.717, 1.165) is 17.0 Å². The molecule has 0 spiro atoms. The number of benzene rings is 1. The Labute approximate surface area is 134 Å². The molecule has 6 heteroatoms. The molecule has 2 heterocycles. The van der Waals surface area contributed by atoms with Crippen LogP contribution in [0.1, 0.15) is 27.3 Å². The highest BCUT2D eigenvalue weighted by Crippen LogP contribution is 2.15. The molecule has 1 aromatic carbocycles. The molecule has 0 aliphatic carbocycles. The zero-order chi connectivity index (χ0) is 16.4. The minimum absolute atomic E-state index is 0.191. The maximum atomic E-state index is 12.1. The first-order chi connectivity index (χ1) is 11.1. The Balaban J connectivity index is 1.80. The van der Waals surface area contributed by atoms with E-state index in [1.165, 1.54) is 0 Å². The lowest BCUT2D eigenvalue weighted by Crippen LogP contribution is -2.13. The highest BCUT2D eigenvalue weighted by atomic mass is 16.1. The van der Waals surface area contributed by atoms with E-state index in [1.807, 2.05) is 39.0 Å². The molecule has 0 radical (unpaired) electrons. The zero-order valence-electron chi connectivity index (χ0n) is 13.2. The predicted molar refractivity (Wildman–Crippen MR) is 87.8 cm³/mol. The minimum Gasteiger partial charge on any atom is -0.319 e. The van der Waals surface area contributed by atoms with Crippen molar-refractivity contribution in [2.45, 2.75) is 20.8 Å². The Bertz CT molecular complexity index is 837. The first-order valence-electron chi connectivity index (χ1n) is 7.28. The average molecular weight is 307 g/mol. The Morgan fingerprint density at radius 3 is 2.26 bits per heavy atom. The SMILES string of the molecule is Cc1nn(-c2ncc(NC(=O)c3ccccc3)cn2)c(C)c1C. The van der Waals surface area contributed by atoms with Crippen molar-refractivity contribution in [3.05, 3.63) is 65.2 Å². The van der Waals surface area contributed by atoms with Crippen LogP contribution in [0.2, 0.25) is 0 Å². The lowest BCUT2D eigenvalue weighted by Gasteiger charge is -2.06. The van der Waals surface area contributed by atoms with Gasteiger partial charge < -0.3 is 5.32 Å². The van der Waals surface area contributed by atoms with Gasteiger partial charge in [-0.05, 0) is 38.5 Å².